The van der Waals surface area contributed by atoms with Gasteiger partial charge in [0.05, 0.1) is 11.4 Å². The molecular weight excluding hydrogens is 376 g/mol. The Morgan fingerprint density at radius 2 is 1.96 bits per heavy atom. The van der Waals surface area contributed by atoms with Gasteiger partial charge in [0.25, 0.3) is 5.91 Å². The molecule has 0 bridgehead atoms. The Morgan fingerprint density at radius 3 is 2.64 bits per heavy atom. The van der Waals surface area contributed by atoms with Crippen LogP contribution in [0.5, 0.6) is 0 Å². The second-order valence-electron chi connectivity index (χ2n) is 7.13. The zero-order valence-electron chi connectivity index (χ0n) is 16.0. The summed E-state index contributed by atoms with van der Waals surface area (Å²) in [6, 6.07) is 9.71. The molecule has 3 aromatic rings. The van der Waals surface area contributed by atoms with Crippen LogP contribution < -0.4 is 0 Å². The van der Waals surface area contributed by atoms with Crippen LogP contribution in [0.15, 0.2) is 36.5 Å². The standard InChI is InChI=1S/C20H23ClN6O/c1-14-16(13-25(2)24-14)18-11-19(23-22-18)20(28)27-9-7-26(8-10-27)12-15-5-3-4-6-17(15)21/h3-6,11,13H,7-10,12H2,1-2H3,(H,22,23). The Morgan fingerprint density at radius 1 is 1.21 bits per heavy atom. The van der Waals surface area contributed by atoms with Crippen molar-refractivity contribution in [3.8, 4) is 11.3 Å². The van der Waals surface area contributed by atoms with E-state index in [4.69, 9.17) is 11.6 Å². The van der Waals surface area contributed by atoms with Gasteiger partial charge in [-0.2, -0.15) is 10.2 Å². The molecule has 0 saturated carbocycles. The average molecular weight is 399 g/mol. The molecule has 2 aromatic heterocycles. The highest BCUT2D eigenvalue weighted by Crippen LogP contribution is 2.22. The van der Waals surface area contributed by atoms with Crippen molar-refractivity contribution in [1.29, 1.82) is 0 Å². The monoisotopic (exact) mass is 398 g/mol. The molecule has 3 heterocycles. The Balaban J connectivity index is 1.38. The van der Waals surface area contributed by atoms with Gasteiger partial charge >= 0.3 is 0 Å². The molecule has 0 unspecified atom stereocenters. The van der Waals surface area contributed by atoms with Crippen LogP contribution in [0.3, 0.4) is 0 Å². The third-order valence-electron chi connectivity index (χ3n) is 5.11. The lowest BCUT2D eigenvalue weighted by atomic mass is 10.1. The second kappa shape index (κ2) is 7.77. The lowest BCUT2D eigenvalue weighted by Gasteiger charge is -2.34. The minimum Gasteiger partial charge on any atom is -0.335 e. The zero-order valence-corrected chi connectivity index (χ0v) is 16.8. The summed E-state index contributed by atoms with van der Waals surface area (Å²) < 4.78 is 1.75. The fourth-order valence-corrected chi connectivity index (χ4v) is 3.76. The van der Waals surface area contributed by atoms with E-state index in [1.165, 1.54) is 0 Å². The number of carbonyl (C=O) groups excluding carboxylic acids is 1. The number of amides is 1. The van der Waals surface area contributed by atoms with Crippen LogP contribution in [0.1, 0.15) is 21.7 Å². The average Bonchev–Trinajstić information content (AvgIpc) is 3.30. The van der Waals surface area contributed by atoms with Crippen LogP contribution in [-0.4, -0.2) is 61.9 Å². The predicted molar refractivity (Wildman–Crippen MR) is 108 cm³/mol. The fourth-order valence-electron chi connectivity index (χ4n) is 3.57. The van der Waals surface area contributed by atoms with E-state index in [0.29, 0.717) is 18.8 Å². The molecule has 4 rings (SSSR count). The normalized spacial score (nSPS) is 15.2. The largest absolute Gasteiger partial charge is 0.335 e. The number of hydrogen-bond acceptors (Lipinski definition) is 4. The molecule has 146 valence electrons. The summed E-state index contributed by atoms with van der Waals surface area (Å²) in [4.78, 5) is 17.0. The number of carbonyl (C=O) groups is 1. The van der Waals surface area contributed by atoms with Crippen molar-refractivity contribution >= 4 is 17.5 Å². The molecule has 1 aliphatic heterocycles. The molecular formula is C20H23ClN6O. The Kier molecular flexibility index (Phi) is 5.19. The van der Waals surface area contributed by atoms with Crippen LogP contribution >= 0.6 is 11.6 Å². The summed E-state index contributed by atoms with van der Waals surface area (Å²) in [5, 5.41) is 12.3. The molecule has 7 nitrogen and oxygen atoms in total. The number of hydrogen-bond donors (Lipinski definition) is 1. The maximum absolute atomic E-state index is 12.8. The van der Waals surface area contributed by atoms with Crippen molar-refractivity contribution in [2.75, 3.05) is 26.2 Å². The highest BCUT2D eigenvalue weighted by atomic mass is 35.5. The Hall–Kier alpha value is -2.64. The van der Waals surface area contributed by atoms with Gasteiger partial charge in [-0.25, -0.2) is 0 Å². The molecule has 0 radical (unpaired) electrons. The number of H-pyrrole nitrogens is 1. The SMILES string of the molecule is Cc1nn(C)cc1-c1cc(C(=O)N2CCN(Cc3ccccc3Cl)CC2)[nH]n1. The quantitative estimate of drug-likeness (QED) is 0.733. The Bertz CT molecular complexity index is 986. The van der Waals surface area contributed by atoms with Crippen molar-refractivity contribution < 1.29 is 4.79 Å². The maximum atomic E-state index is 12.8. The minimum absolute atomic E-state index is 0.0160. The van der Waals surface area contributed by atoms with Gasteiger partial charge in [-0.3, -0.25) is 19.5 Å². The summed E-state index contributed by atoms with van der Waals surface area (Å²) in [6.45, 7) is 5.74. The molecule has 1 fully saturated rings. The van der Waals surface area contributed by atoms with Gasteiger partial charge in [0.2, 0.25) is 0 Å². The van der Waals surface area contributed by atoms with Gasteiger partial charge in [-0.05, 0) is 24.6 Å². The maximum Gasteiger partial charge on any atom is 0.271 e. The molecule has 1 saturated heterocycles. The lowest BCUT2D eigenvalue weighted by molar-refractivity contribution is 0.0622. The fraction of sp³-hybridized carbons (Fsp3) is 0.350. The molecule has 28 heavy (non-hydrogen) atoms. The molecule has 8 heteroatoms. The first kappa shape index (κ1) is 18.7. The molecule has 0 spiro atoms. The van der Waals surface area contributed by atoms with E-state index in [1.54, 1.807) is 4.68 Å². The summed E-state index contributed by atoms with van der Waals surface area (Å²) in [5.41, 5.74) is 4.20. The number of aromatic amines is 1. The van der Waals surface area contributed by atoms with Gasteiger partial charge in [-0.15, -0.1) is 0 Å². The van der Waals surface area contributed by atoms with Crippen molar-refractivity contribution in [2.45, 2.75) is 13.5 Å². The van der Waals surface area contributed by atoms with Gasteiger partial charge < -0.3 is 4.90 Å². The van der Waals surface area contributed by atoms with E-state index in [2.05, 4.69) is 20.2 Å². The van der Waals surface area contributed by atoms with Crippen LogP contribution in [0, 0.1) is 6.92 Å². The smallest absolute Gasteiger partial charge is 0.271 e. The van der Waals surface area contributed by atoms with Crippen molar-refractivity contribution in [2.24, 2.45) is 7.05 Å². The van der Waals surface area contributed by atoms with Gasteiger partial charge in [0, 0.05) is 56.6 Å². The number of piperazine rings is 1. The van der Waals surface area contributed by atoms with E-state index in [9.17, 15) is 4.79 Å². The number of aromatic nitrogens is 4. The van der Waals surface area contributed by atoms with Gasteiger partial charge in [-0.1, -0.05) is 29.8 Å². The van der Waals surface area contributed by atoms with E-state index in [-0.39, 0.29) is 5.91 Å². The molecule has 1 N–H and O–H groups in total. The van der Waals surface area contributed by atoms with Crippen molar-refractivity contribution in [3.63, 3.8) is 0 Å². The topological polar surface area (TPSA) is 70.1 Å². The van der Waals surface area contributed by atoms with Crippen LogP contribution in [0.4, 0.5) is 0 Å². The minimum atomic E-state index is -0.0160. The summed E-state index contributed by atoms with van der Waals surface area (Å²) in [5.74, 6) is -0.0160. The lowest BCUT2D eigenvalue weighted by Crippen LogP contribution is -2.48. The highest BCUT2D eigenvalue weighted by molar-refractivity contribution is 6.31. The van der Waals surface area contributed by atoms with E-state index < -0.39 is 0 Å². The number of rotatable bonds is 4. The summed E-state index contributed by atoms with van der Waals surface area (Å²) >= 11 is 6.26. The van der Waals surface area contributed by atoms with Crippen LogP contribution in [-0.2, 0) is 13.6 Å². The van der Waals surface area contributed by atoms with Crippen LogP contribution in [0.25, 0.3) is 11.3 Å². The van der Waals surface area contributed by atoms with E-state index >= 15 is 0 Å². The molecule has 0 atom stereocenters. The number of halogens is 1. The molecule has 1 aromatic carbocycles. The Labute approximate surface area is 168 Å². The van der Waals surface area contributed by atoms with E-state index in [1.807, 2.05) is 55.4 Å². The second-order valence-corrected chi connectivity index (χ2v) is 7.54. The number of nitrogens with zero attached hydrogens (tertiary/aromatic N) is 5. The van der Waals surface area contributed by atoms with Crippen molar-refractivity contribution in [3.05, 3.63) is 58.5 Å². The summed E-state index contributed by atoms with van der Waals surface area (Å²) in [6.07, 6.45) is 1.91. The van der Waals surface area contributed by atoms with Gasteiger partial charge in [0.1, 0.15) is 5.69 Å². The number of nitrogens with one attached hydrogen (secondary N) is 1. The number of benzene rings is 1. The molecule has 0 aliphatic carbocycles. The molecule has 1 aliphatic rings. The van der Waals surface area contributed by atoms with Gasteiger partial charge in [0.15, 0.2) is 0 Å². The molecule has 1 amide bonds. The zero-order chi connectivity index (χ0) is 19.7. The first-order chi connectivity index (χ1) is 13.5. The third-order valence-corrected chi connectivity index (χ3v) is 5.48. The predicted octanol–water partition coefficient (Wildman–Crippen LogP) is 2.73. The first-order valence-corrected chi connectivity index (χ1v) is 9.70. The van der Waals surface area contributed by atoms with E-state index in [0.717, 1.165) is 47.2 Å². The summed E-state index contributed by atoms with van der Waals surface area (Å²) in [7, 11) is 1.87. The highest BCUT2D eigenvalue weighted by Gasteiger charge is 2.24. The first-order valence-electron chi connectivity index (χ1n) is 9.32. The van der Waals surface area contributed by atoms with Crippen molar-refractivity contribution in [1.82, 2.24) is 29.8 Å². The van der Waals surface area contributed by atoms with Crippen LogP contribution in [0.2, 0.25) is 5.02 Å². The third kappa shape index (κ3) is 3.81. The number of aryl methyl sites for hydroxylation is 2.